The SMILES string of the molecule is CC1CCc2ncc(Br)cc21. The second-order valence-corrected chi connectivity index (χ2v) is 4.04. The highest BCUT2D eigenvalue weighted by atomic mass is 79.9. The lowest BCUT2D eigenvalue weighted by Crippen LogP contribution is -1.88. The van der Waals surface area contributed by atoms with E-state index in [9.17, 15) is 0 Å². The lowest BCUT2D eigenvalue weighted by atomic mass is 10.1. The van der Waals surface area contributed by atoms with E-state index in [0.29, 0.717) is 5.92 Å². The third-order valence-electron chi connectivity index (χ3n) is 2.32. The summed E-state index contributed by atoms with van der Waals surface area (Å²) in [5, 5.41) is 0. The highest BCUT2D eigenvalue weighted by Gasteiger charge is 2.19. The molecule has 0 saturated heterocycles. The van der Waals surface area contributed by atoms with E-state index in [4.69, 9.17) is 0 Å². The first-order valence-electron chi connectivity index (χ1n) is 3.91. The van der Waals surface area contributed by atoms with Gasteiger partial charge < -0.3 is 0 Å². The molecular formula is C9H10BrN. The molecular weight excluding hydrogens is 202 g/mol. The highest BCUT2D eigenvalue weighted by Crippen LogP contribution is 2.32. The molecule has 11 heavy (non-hydrogen) atoms. The molecule has 0 bridgehead atoms. The number of rotatable bonds is 0. The largest absolute Gasteiger partial charge is 0.260 e. The van der Waals surface area contributed by atoms with Crippen molar-refractivity contribution >= 4 is 15.9 Å². The van der Waals surface area contributed by atoms with Crippen LogP contribution in [0.4, 0.5) is 0 Å². The molecule has 0 spiro atoms. The molecule has 1 nitrogen and oxygen atoms in total. The van der Waals surface area contributed by atoms with Crippen LogP contribution in [0.2, 0.25) is 0 Å². The molecule has 2 heteroatoms. The number of hydrogen-bond donors (Lipinski definition) is 0. The van der Waals surface area contributed by atoms with E-state index >= 15 is 0 Å². The standard InChI is InChI=1S/C9H10BrN/c1-6-2-3-9-8(6)4-7(10)5-11-9/h4-6H,2-3H2,1H3. The van der Waals surface area contributed by atoms with Crippen molar-refractivity contribution in [1.29, 1.82) is 0 Å². The average molecular weight is 212 g/mol. The predicted molar refractivity (Wildman–Crippen MR) is 48.7 cm³/mol. The molecule has 1 unspecified atom stereocenters. The van der Waals surface area contributed by atoms with Crippen LogP contribution in [-0.2, 0) is 6.42 Å². The highest BCUT2D eigenvalue weighted by molar-refractivity contribution is 9.10. The maximum absolute atomic E-state index is 4.36. The molecule has 1 atom stereocenters. The summed E-state index contributed by atoms with van der Waals surface area (Å²) in [6.07, 6.45) is 4.30. The lowest BCUT2D eigenvalue weighted by Gasteiger charge is -2.02. The van der Waals surface area contributed by atoms with Gasteiger partial charge in [-0.2, -0.15) is 0 Å². The van der Waals surface area contributed by atoms with Gasteiger partial charge in [-0.05, 0) is 46.3 Å². The van der Waals surface area contributed by atoms with E-state index in [2.05, 4.69) is 33.9 Å². The minimum absolute atomic E-state index is 0.704. The maximum Gasteiger partial charge on any atom is 0.0439 e. The van der Waals surface area contributed by atoms with Gasteiger partial charge in [-0.1, -0.05) is 6.92 Å². The number of hydrogen-bond acceptors (Lipinski definition) is 1. The summed E-state index contributed by atoms with van der Waals surface area (Å²) >= 11 is 3.43. The number of aryl methyl sites for hydroxylation is 1. The van der Waals surface area contributed by atoms with E-state index in [1.165, 1.54) is 17.7 Å². The van der Waals surface area contributed by atoms with E-state index in [1.54, 1.807) is 0 Å². The molecule has 0 aromatic carbocycles. The zero-order valence-corrected chi connectivity index (χ0v) is 8.06. The zero-order valence-electron chi connectivity index (χ0n) is 6.47. The van der Waals surface area contributed by atoms with Gasteiger partial charge in [-0.15, -0.1) is 0 Å². The smallest absolute Gasteiger partial charge is 0.0439 e. The minimum Gasteiger partial charge on any atom is -0.260 e. The number of pyridine rings is 1. The summed E-state index contributed by atoms with van der Waals surface area (Å²) in [5.41, 5.74) is 2.72. The van der Waals surface area contributed by atoms with Crippen molar-refractivity contribution in [3.63, 3.8) is 0 Å². The molecule has 0 fully saturated rings. The van der Waals surface area contributed by atoms with Gasteiger partial charge in [0.15, 0.2) is 0 Å². The zero-order chi connectivity index (χ0) is 7.84. The third-order valence-corrected chi connectivity index (χ3v) is 2.75. The third kappa shape index (κ3) is 1.20. The molecule has 0 amide bonds. The van der Waals surface area contributed by atoms with Crippen LogP contribution in [0.25, 0.3) is 0 Å². The fourth-order valence-electron chi connectivity index (χ4n) is 1.63. The number of halogens is 1. The summed E-state index contributed by atoms with van der Waals surface area (Å²) in [4.78, 5) is 4.36. The molecule has 1 aliphatic rings. The van der Waals surface area contributed by atoms with Gasteiger partial charge in [0.1, 0.15) is 0 Å². The number of fused-ring (bicyclic) bond motifs is 1. The molecule has 1 heterocycles. The second kappa shape index (κ2) is 2.59. The predicted octanol–water partition coefficient (Wildman–Crippen LogP) is 2.89. The topological polar surface area (TPSA) is 12.9 Å². The fraction of sp³-hybridized carbons (Fsp3) is 0.444. The summed E-state index contributed by atoms with van der Waals surface area (Å²) in [6.45, 7) is 2.26. The van der Waals surface area contributed by atoms with E-state index in [-0.39, 0.29) is 0 Å². The first-order valence-corrected chi connectivity index (χ1v) is 4.71. The summed E-state index contributed by atoms with van der Waals surface area (Å²) in [6, 6.07) is 2.19. The molecule has 1 aromatic rings. The van der Waals surface area contributed by atoms with Crippen molar-refractivity contribution in [2.45, 2.75) is 25.7 Å². The van der Waals surface area contributed by atoms with Crippen LogP contribution in [0.5, 0.6) is 0 Å². The Morgan fingerprint density at radius 2 is 2.45 bits per heavy atom. The molecule has 1 aliphatic carbocycles. The minimum atomic E-state index is 0.704. The van der Waals surface area contributed by atoms with Crippen molar-refractivity contribution < 1.29 is 0 Å². The molecule has 58 valence electrons. The van der Waals surface area contributed by atoms with Gasteiger partial charge in [0, 0.05) is 16.4 Å². The van der Waals surface area contributed by atoms with Crippen LogP contribution in [0.1, 0.15) is 30.5 Å². The lowest BCUT2D eigenvalue weighted by molar-refractivity contribution is 0.746. The van der Waals surface area contributed by atoms with Crippen LogP contribution in [0, 0.1) is 0 Å². The van der Waals surface area contributed by atoms with Gasteiger partial charge in [0.05, 0.1) is 0 Å². The first kappa shape index (κ1) is 7.29. The van der Waals surface area contributed by atoms with Crippen molar-refractivity contribution in [1.82, 2.24) is 4.98 Å². The second-order valence-electron chi connectivity index (χ2n) is 3.13. The maximum atomic E-state index is 4.36. The molecule has 0 N–H and O–H groups in total. The van der Waals surface area contributed by atoms with Gasteiger partial charge in [-0.3, -0.25) is 4.98 Å². The van der Waals surface area contributed by atoms with Crippen LogP contribution < -0.4 is 0 Å². The van der Waals surface area contributed by atoms with Crippen LogP contribution in [0.15, 0.2) is 16.7 Å². The quantitative estimate of drug-likeness (QED) is 0.644. The molecule has 0 radical (unpaired) electrons. The molecule has 2 rings (SSSR count). The van der Waals surface area contributed by atoms with Gasteiger partial charge in [0.25, 0.3) is 0 Å². The molecule has 1 aromatic heterocycles. The van der Waals surface area contributed by atoms with Gasteiger partial charge in [0.2, 0.25) is 0 Å². The summed E-state index contributed by atoms with van der Waals surface area (Å²) in [5.74, 6) is 0.704. The monoisotopic (exact) mass is 211 g/mol. The fourth-order valence-corrected chi connectivity index (χ4v) is 1.98. The summed E-state index contributed by atoms with van der Waals surface area (Å²) < 4.78 is 1.10. The van der Waals surface area contributed by atoms with Crippen LogP contribution in [-0.4, -0.2) is 4.98 Å². The Morgan fingerprint density at radius 1 is 1.64 bits per heavy atom. The Kier molecular flexibility index (Phi) is 1.72. The van der Waals surface area contributed by atoms with Crippen LogP contribution >= 0.6 is 15.9 Å². The Morgan fingerprint density at radius 3 is 3.27 bits per heavy atom. The Balaban J connectivity index is 2.52. The Bertz CT molecular complexity index is 283. The van der Waals surface area contributed by atoms with Gasteiger partial charge >= 0.3 is 0 Å². The Labute approximate surface area is 75.0 Å². The Hall–Kier alpha value is -0.370. The molecule has 0 saturated carbocycles. The molecule has 0 aliphatic heterocycles. The van der Waals surface area contributed by atoms with E-state index in [0.717, 1.165) is 10.9 Å². The van der Waals surface area contributed by atoms with Crippen molar-refractivity contribution in [3.05, 3.63) is 28.0 Å². The first-order chi connectivity index (χ1) is 5.27. The van der Waals surface area contributed by atoms with Gasteiger partial charge in [-0.25, -0.2) is 0 Å². The van der Waals surface area contributed by atoms with E-state index < -0.39 is 0 Å². The summed E-state index contributed by atoms with van der Waals surface area (Å²) in [7, 11) is 0. The van der Waals surface area contributed by atoms with Crippen molar-refractivity contribution in [2.24, 2.45) is 0 Å². The van der Waals surface area contributed by atoms with Crippen molar-refractivity contribution in [3.8, 4) is 0 Å². The van der Waals surface area contributed by atoms with E-state index in [1.807, 2.05) is 6.20 Å². The van der Waals surface area contributed by atoms with Crippen molar-refractivity contribution in [2.75, 3.05) is 0 Å². The normalized spacial score (nSPS) is 21.8. The van der Waals surface area contributed by atoms with Crippen LogP contribution in [0.3, 0.4) is 0 Å². The average Bonchev–Trinajstić information content (AvgIpc) is 2.33. The number of aromatic nitrogens is 1. The number of nitrogens with zero attached hydrogens (tertiary/aromatic N) is 1.